The summed E-state index contributed by atoms with van der Waals surface area (Å²) in [5, 5.41) is 2.82. The molecule has 8 heteroatoms. The van der Waals surface area contributed by atoms with Crippen LogP contribution in [-0.2, 0) is 16.2 Å². The van der Waals surface area contributed by atoms with Crippen LogP contribution in [0, 0.1) is 0 Å². The molecule has 138 valence electrons. The smallest absolute Gasteiger partial charge is 0.286 e. The van der Waals surface area contributed by atoms with Crippen molar-refractivity contribution in [1.29, 1.82) is 0 Å². The van der Waals surface area contributed by atoms with Gasteiger partial charge in [-0.05, 0) is 73.0 Å². The number of hydrogen-bond acceptors (Lipinski definition) is 4. The summed E-state index contributed by atoms with van der Waals surface area (Å²) in [6.45, 7) is 1.82. The molecule has 1 aliphatic heterocycles. The maximum absolute atomic E-state index is 12.0. The second-order valence-corrected chi connectivity index (χ2v) is 8.34. The van der Waals surface area contributed by atoms with Crippen molar-refractivity contribution in [3.8, 4) is 5.75 Å². The second kappa shape index (κ2) is 8.86. The minimum absolute atomic E-state index is 0.263. The van der Waals surface area contributed by atoms with Crippen LogP contribution in [0.25, 0.3) is 6.08 Å². The first kappa shape index (κ1) is 19.9. The number of carbonyl (C=O) groups excluding carboxylic acids is 2. The molecular formula is C19H14Br2N2O3S. The van der Waals surface area contributed by atoms with Gasteiger partial charge in [0.15, 0.2) is 5.17 Å². The van der Waals surface area contributed by atoms with Crippen molar-refractivity contribution >= 4 is 66.7 Å². The summed E-state index contributed by atoms with van der Waals surface area (Å²) >= 11 is 8.17. The van der Waals surface area contributed by atoms with Crippen molar-refractivity contribution in [3.63, 3.8) is 0 Å². The van der Waals surface area contributed by atoms with Crippen LogP contribution in [-0.4, -0.2) is 17.0 Å². The minimum Gasteiger partial charge on any atom is -0.487 e. The van der Waals surface area contributed by atoms with E-state index in [1.165, 1.54) is 6.92 Å². The molecule has 0 radical (unpaired) electrons. The molecule has 3 rings (SSSR count). The molecule has 0 bridgehead atoms. The van der Waals surface area contributed by atoms with Crippen LogP contribution in [0.3, 0.4) is 0 Å². The number of nitrogens with zero attached hydrogens (tertiary/aromatic N) is 1. The van der Waals surface area contributed by atoms with Gasteiger partial charge in [-0.3, -0.25) is 9.59 Å². The predicted octanol–water partition coefficient (Wildman–Crippen LogP) is 4.90. The highest BCUT2D eigenvalue weighted by Gasteiger charge is 2.22. The third kappa shape index (κ3) is 5.31. The van der Waals surface area contributed by atoms with E-state index in [1.54, 1.807) is 6.08 Å². The summed E-state index contributed by atoms with van der Waals surface area (Å²) in [6.07, 6.45) is 1.72. The number of ether oxygens (including phenoxy) is 1. The van der Waals surface area contributed by atoms with Crippen molar-refractivity contribution in [2.45, 2.75) is 13.5 Å². The van der Waals surface area contributed by atoms with E-state index in [2.05, 4.69) is 42.2 Å². The number of nitrogens with one attached hydrogen (secondary N) is 1. The molecule has 2 amide bonds. The highest BCUT2D eigenvalue weighted by atomic mass is 79.9. The zero-order valence-electron chi connectivity index (χ0n) is 14.2. The molecule has 0 aliphatic carbocycles. The van der Waals surface area contributed by atoms with E-state index in [1.807, 2.05) is 42.5 Å². The van der Waals surface area contributed by atoms with Crippen molar-refractivity contribution in [1.82, 2.24) is 5.32 Å². The minimum atomic E-state index is -0.375. The molecule has 0 fully saturated rings. The quantitative estimate of drug-likeness (QED) is 0.595. The molecule has 27 heavy (non-hydrogen) atoms. The number of halogens is 2. The van der Waals surface area contributed by atoms with Gasteiger partial charge in [0.2, 0.25) is 5.91 Å². The Balaban J connectivity index is 1.75. The molecule has 0 saturated carbocycles. The molecule has 0 aromatic heterocycles. The predicted molar refractivity (Wildman–Crippen MR) is 114 cm³/mol. The number of benzene rings is 2. The monoisotopic (exact) mass is 508 g/mol. The molecule has 1 aliphatic rings. The normalized spacial score (nSPS) is 15.0. The fraction of sp³-hybridized carbons (Fsp3) is 0.105. The van der Waals surface area contributed by atoms with Gasteiger partial charge in [-0.1, -0.05) is 30.3 Å². The largest absolute Gasteiger partial charge is 0.487 e. The fourth-order valence-corrected chi connectivity index (χ4v) is 4.61. The third-order valence-electron chi connectivity index (χ3n) is 3.45. The van der Waals surface area contributed by atoms with Gasteiger partial charge in [-0.2, -0.15) is 4.99 Å². The van der Waals surface area contributed by atoms with Gasteiger partial charge in [0.25, 0.3) is 5.91 Å². The van der Waals surface area contributed by atoms with Crippen molar-refractivity contribution in [2.24, 2.45) is 4.99 Å². The lowest BCUT2D eigenvalue weighted by Crippen LogP contribution is -2.23. The molecular weight excluding hydrogens is 496 g/mol. The average molecular weight is 510 g/mol. The maximum atomic E-state index is 12.0. The van der Waals surface area contributed by atoms with Crippen molar-refractivity contribution in [2.75, 3.05) is 0 Å². The zero-order chi connectivity index (χ0) is 19.4. The highest BCUT2D eigenvalue weighted by molar-refractivity contribution is 9.11. The van der Waals surface area contributed by atoms with Crippen LogP contribution < -0.4 is 10.1 Å². The Kier molecular flexibility index (Phi) is 6.51. The first-order valence-electron chi connectivity index (χ1n) is 7.88. The number of amidine groups is 1. The van der Waals surface area contributed by atoms with E-state index >= 15 is 0 Å². The Morgan fingerprint density at radius 3 is 2.52 bits per heavy atom. The van der Waals surface area contributed by atoms with Gasteiger partial charge in [-0.25, -0.2) is 0 Å². The van der Waals surface area contributed by atoms with E-state index in [0.717, 1.165) is 31.8 Å². The van der Waals surface area contributed by atoms with E-state index in [4.69, 9.17) is 4.74 Å². The van der Waals surface area contributed by atoms with Gasteiger partial charge in [0, 0.05) is 6.92 Å². The van der Waals surface area contributed by atoms with E-state index in [-0.39, 0.29) is 11.8 Å². The number of carbonyl (C=O) groups is 2. The molecule has 1 N–H and O–H groups in total. The molecule has 5 nitrogen and oxygen atoms in total. The van der Waals surface area contributed by atoms with Gasteiger partial charge >= 0.3 is 0 Å². The van der Waals surface area contributed by atoms with Crippen molar-refractivity contribution in [3.05, 3.63) is 67.4 Å². The van der Waals surface area contributed by atoms with Crippen LogP contribution in [0.4, 0.5) is 0 Å². The van der Waals surface area contributed by atoms with Crippen molar-refractivity contribution < 1.29 is 14.3 Å². The number of rotatable bonds is 4. The van der Waals surface area contributed by atoms with Crippen LogP contribution in [0.1, 0.15) is 18.1 Å². The number of thioether (sulfide) groups is 1. The van der Waals surface area contributed by atoms with Gasteiger partial charge < -0.3 is 10.1 Å². The maximum Gasteiger partial charge on any atom is 0.286 e. The first-order chi connectivity index (χ1) is 12.9. The van der Waals surface area contributed by atoms with Crippen LogP contribution >= 0.6 is 43.6 Å². The lowest BCUT2D eigenvalue weighted by atomic mass is 10.2. The fourth-order valence-electron chi connectivity index (χ4n) is 2.30. The van der Waals surface area contributed by atoms with Gasteiger partial charge in [0.1, 0.15) is 12.4 Å². The van der Waals surface area contributed by atoms with E-state index in [9.17, 15) is 9.59 Å². The molecule has 1 heterocycles. The summed E-state index contributed by atoms with van der Waals surface area (Å²) < 4.78 is 7.43. The topological polar surface area (TPSA) is 67.8 Å². The SMILES string of the molecule is CC(=O)NC1=NC(=O)/C(=C\c2cc(Br)c(OCc3ccccc3)c(Br)c2)S1. The lowest BCUT2D eigenvalue weighted by molar-refractivity contribution is -0.117. The molecule has 0 saturated heterocycles. The average Bonchev–Trinajstić information content (AvgIpc) is 2.93. The Labute approximate surface area is 177 Å². The zero-order valence-corrected chi connectivity index (χ0v) is 18.2. The molecule has 2 aromatic rings. The Bertz CT molecular complexity index is 936. The summed E-state index contributed by atoms with van der Waals surface area (Å²) in [6, 6.07) is 13.6. The summed E-state index contributed by atoms with van der Waals surface area (Å²) in [5.41, 5.74) is 1.87. The van der Waals surface area contributed by atoms with Gasteiger partial charge in [0.05, 0.1) is 13.9 Å². The second-order valence-electron chi connectivity index (χ2n) is 5.60. The molecule has 0 spiro atoms. The standard InChI is InChI=1S/C19H14Br2N2O3S/c1-11(24)22-19-23-18(25)16(27-19)9-13-7-14(20)17(15(21)8-13)26-10-12-5-3-2-4-6-12/h2-9H,10H2,1H3,(H,22,23,24,25)/b16-9+. The van der Waals surface area contributed by atoms with E-state index < -0.39 is 0 Å². The summed E-state index contributed by atoms with van der Waals surface area (Å²) in [4.78, 5) is 27.4. The highest BCUT2D eigenvalue weighted by Crippen LogP contribution is 2.37. The molecule has 2 aromatic carbocycles. The Hall–Kier alpha value is -1.90. The Morgan fingerprint density at radius 2 is 1.89 bits per heavy atom. The Morgan fingerprint density at radius 1 is 1.22 bits per heavy atom. The number of aliphatic imine (C=N–C) groups is 1. The molecule has 0 unspecified atom stereocenters. The third-order valence-corrected chi connectivity index (χ3v) is 5.53. The van der Waals surface area contributed by atoms with Crippen LogP contribution in [0.5, 0.6) is 5.75 Å². The number of amides is 2. The lowest BCUT2D eigenvalue weighted by Gasteiger charge is -2.11. The first-order valence-corrected chi connectivity index (χ1v) is 10.3. The summed E-state index contributed by atoms with van der Waals surface area (Å²) in [5.74, 6) is 0.0442. The summed E-state index contributed by atoms with van der Waals surface area (Å²) in [7, 11) is 0. The van der Waals surface area contributed by atoms with Crippen LogP contribution in [0.15, 0.2) is 61.3 Å². The number of hydrogen-bond donors (Lipinski definition) is 1. The van der Waals surface area contributed by atoms with E-state index in [0.29, 0.717) is 22.4 Å². The van der Waals surface area contributed by atoms with Crippen LogP contribution in [0.2, 0.25) is 0 Å². The molecule has 0 atom stereocenters. The van der Waals surface area contributed by atoms with Gasteiger partial charge in [-0.15, -0.1) is 0 Å².